The van der Waals surface area contributed by atoms with Crippen LogP contribution in [0.1, 0.15) is 25.7 Å². The molecule has 0 spiro atoms. The first-order chi connectivity index (χ1) is 8.74. The number of hydrogen-bond donors (Lipinski definition) is 1. The Hall–Kier alpha value is -1.10. The number of nitrogens with zero attached hydrogens (tertiary/aromatic N) is 1. The monoisotopic (exact) mass is 252 g/mol. The summed E-state index contributed by atoms with van der Waals surface area (Å²) < 4.78 is 5.04. The summed E-state index contributed by atoms with van der Waals surface area (Å²) in [5.74, 6) is 0.588. The lowest BCUT2D eigenvalue weighted by molar-refractivity contribution is -0.138. The minimum Gasteiger partial charge on any atom is -0.377 e. The van der Waals surface area contributed by atoms with Gasteiger partial charge in [0.05, 0.1) is 25.2 Å². The molecular formula is C13H20N2O3. The van der Waals surface area contributed by atoms with Crippen LogP contribution in [0.25, 0.3) is 0 Å². The number of ether oxygens (including phenoxy) is 1. The lowest BCUT2D eigenvalue weighted by Crippen LogP contribution is -2.53. The van der Waals surface area contributed by atoms with Crippen molar-refractivity contribution in [2.45, 2.75) is 31.7 Å². The third-order valence-electron chi connectivity index (χ3n) is 4.01. The normalized spacial score (nSPS) is 28.7. The Morgan fingerprint density at radius 3 is 2.50 bits per heavy atom. The largest absolute Gasteiger partial charge is 0.377 e. The number of likely N-dealkylation sites (tertiary alicyclic amines) is 1. The first-order valence-electron chi connectivity index (χ1n) is 6.91. The predicted molar refractivity (Wildman–Crippen MR) is 64.8 cm³/mol. The maximum Gasteiger partial charge on any atom is 0.225 e. The summed E-state index contributed by atoms with van der Waals surface area (Å²) in [7, 11) is 0. The van der Waals surface area contributed by atoms with Crippen molar-refractivity contribution in [1.82, 2.24) is 10.2 Å². The van der Waals surface area contributed by atoms with Crippen molar-refractivity contribution >= 4 is 11.8 Å². The molecule has 2 aliphatic heterocycles. The van der Waals surface area contributed by atoms with E-state index in [0.29, 0.717) is 19.8 Å². The number of rotatable bonds is 3. The summed E-state index contributed by atoms with van der Waals surface area (Å²) in [6.07, 6.45) is 3.91. The van der Waals surface area contributed by atoms with Gasteiger partial charge in [-0.2, -0.15) is 0 Å². The second kappa shape index (κ2) is 4.88. The van der Waals surface area contributed by atoms with Gasteiger partial charge in [-0.1, -0.05) is 0 Å². The molecule has 3 rings (SSSR count). The van der Waals surface area contributed by atoms with E-state index in [0.717, 1.165) is 32.2 Å². The van der Waals surface area contributed by atoms with Crippen molar-refractivity contribution in [3.8, 4) is 0 Å². The fourth-order valence-corrected chi connectivity index (χ4v) is 2.62. The molecule has 100 valence electrons. The zero-order chi connectivity index (χ0) is 12.5. The molecule has 3 fully saturated rings. The van der Waals surface area contributed by atoms with Gasteiger partial charge in [0.2, 0.25) is 11.8 Å². The third-order valence-corrected chi connectivity index (χ3v) is 4.01. The second-order valence-electron chi connectivity index (χ2n) is 5.64. The van der Waals surface area contributed by atoms with Crippen LogP contribution in [0, 0.1) is 11.8 Å². The highest BCUT2D eigenvalue weighted by Crippen LogP contribution is 2.32. The average Bonchev–Trinajstić information content (AvgIpc) is 3.17. The quantitative estimate of drug-likeness (QED) is 0.778. The fourth-order valence-electron chi connectivity index (χ4n) is 2.62. The number of nitrogens with one attached hydrogen (secondary N) is 1. The van der Waals surface area contributed by atoms with E-state index in [1.54, 1.807) is 0 Å². The molecule has 3 aliphatic rings. The molecule has 1 saturated carbocycles. The maximum atomic E-state index is 12.1. The zero-order valence-corrected chi connectivity index (χ0v) is 10.6. The van der Waals surface area contributed by atoms with Crippen molar-refractivity contribution in [3.63, 3.8) is 0 Å². The van der Waals surface area contributed by atoms with E-state index >= 15 is 0 Å². The van der Waals surface area contributed by atoms with Crippen LogP contribution in [-0.2, 0) is 14.3 Å². The van der Waals surface area contributed by atoms with Crippen molar-refractivity contribution in [2.75, 3.05) is 26.3 Å². The molecule has 2 saturated heterocycles. The average molecular weight is 252 g/mol. The Balaban J connectivity index is 1.52. The number of piperidine rings is 1. The summed E-state index contributed by atoms with van der Waals surface area (Å²) >= 11 is 0. The van der Waals surface area contributed by atoms with E-state index in [9.17, 15) is 9.59 Å². The molecule has 0 radical (unpaired) electrons. The van der Waals surface area contributed by atoms with Crippen molar-refractivity contribution in [2.24, 2.45) is 11.8 Å². The molecule has 1 aliphatic carbocycles. The molecule has 0 aromatic rings. The molecule has 0 aromatic heterocycles. The van der Waals surface area contributed by atoms with E-state index in [-0.39, 0.29) is 29.7 Å². The highest BCUT2D eigenvalue weighted by atomic mass is 16.5. The molecule has 18 heavy (non-hydrogen) atoms. The summed E-state index contributed by atoms with van der Waals surface area (Å²) in [6.45, 7) is 2.69. The molecule has 0 aromatic carbocycles. The molecule has 0 bridgehead atoms. The first-order valence-corrected chi connectivity index (χ1v) is 6.91. The number of carbonyl (C=O) groups is 2. The van der Waals surface area contributed by atoms with E-state index in [2.05, 4.69) is 5.32 Å². The van der Waals surface area contributed by atoms with Crippen LogP contribution < -0.4 is 5.32 Å². The zero-order valence-electron chi connectivity index (χ0n) is 10.6. The van der Waals surface area contributed by atoms with Crippen molar-refractivity contribution in [3.05, 3.63) is 0 Å². The number of hydrogen-bond acceptors (Lipinski definition) is 3. The van der Waals surface area contributed by atoms with Gasteiger partial charge < -0.3 is 15.0 Å². The van der Waals surface area contributed by atoms with Gasteiger partial charge >= 0.3 is 0 Å². The molecule has 5 nitrogen and oxygen atoms in total. The topological polar surface area (TPSA) is 58.6 Å². The maximum absolute atomic E-state index is 12.1. The van der Waals surface area contributed by atoms with E-state index in [1.807, 2.05) is 4.90 Å². The molecule has 5 heteroatoms. The summed E-state index contributed by atoms with van der Waals surface area (Å²) in [5.41, 5.74) is 0. The minimum absolute atomic E-state index is 0.0259. The molecule has 1 atom stereocenters. The minimum atomic E-state index is -0.0259. The highest BCUT2D eigenvalue weighted by molar-refractivity contribution is 5.83. The SMILES string of the molecule is O=C(NC1COC1)C1CCCN(C(=O)C2CC2)C1. The van der Waals surface area contributed by atoms with Gasteiger partial charge in [-0.3, -0.25) is 9.59 Å². The Bertz CT molecular complexity index is 350. The molecule has 1 unspecified atom stereocenters. The molecule has 2 amide bonds. The highest BCUT2D eigenvalue weighted by Gasteiger charge is 2.37. The lowest BCUT2D eigenvalue weighted by atomic mass is 9.96. The summed E-state index contributed by atoms with van der Waals surface area (Å²) in [4.78, 5) is 25.9. The Labute approximate surface area is 107 Å². The van der Waals surface area contributed by atoms with Crippen LogP contribution in [0.5, 0.6) is 0 Å². The van der Waals surface area contributed by atoms with Crippen LogP contribution in [0.2, 0.25) is 0 Å². The van der Waals surface area contributed by atoms with Crippen LogP contribution in [-0.4, -0.2) is 49.1 Å². The predicted octanol–water partition coefficient (Wildman–Crippen LogP) is 0.150. The van der Waals surface area contributed by atoms with E-state index in [4.69, 9.17) is 4.74 Å². The lowest BCUT2D eigenvalue weighted by Gasteiger charge is -2.34. The van der Waals surface area contributed by atoms with E-state index in [1.165, 1.54) is 0 Å². The molecule has 1 N–H and O–H groups in total. The first kappa shape index (κ1) is 12.0. The number of carbonyl (C=O) groups excluding carboxylic acids is 2. The smallest absolute Gasteiger partial charge is 0.225 e. The van der Waals surface area contributed by atoms with Gasteiger partial charge in [0.25, 0.3) is 0 Å². The van der Waals surface area contributed by atoms with Gasteiger partial charge in [0, 0.05) is 19.0 Å². The van der Waals surface area contributed by atoms with Crippen molar-refractivity contribution in [1.29, 1.82) is 0 Å². The van der Waals surface area contributed by atoms with Gasteiger partial charge in [0.15, 0.2) is 0 Å². The van der Waals surface area contributed by atoms with Gasteiger partial charge in [-0.25, -0.2) is 0 Å². The summed E-state index contributed by atoms with van der Waals surface area (Å²) in [6, 6.07) is 0.187. The van der Waals surface area contributed by atoms with Crippen LogP contribution in [0.15, 0.2) is 0 Å². The molecule has 2 heterocycles. The van der Waals surface area contributed by atoms with E-state index < -0.39 is 0 Å². The Morgan fingerprint density at radius 1 is 1.11 bits per heavy atom. The summed E-state index contributed by atoms with van der Waals surface area (Å²) in [5, 5.41) is 2.99. The second-order valence-corrected chi connectivity index (χ2v) is 5.64. The van der Waals surface area contributed by atoms with Crippen LogP contribution >= 0.6 is 0 Å². The molecular weight excluding hydrogens is 232 g/mol. The van der Waals surface area contributed by atoms with Gasteiger partial charge in [-0.05, 0) is 25.7 Å². The van der Waals surface area contributed by atoms with Gasteiger partial charge in [-0.15, -0.1) is 0 Å². The van der Waals surface area contributed by atoms with Gasteiger partial charge in [0.1, 0.15) is 0 Å². The standard InChI is InChI=1S/C13H20N2O3/c16-12(14-11-7-18-8-11)10-2-1-5-15(6-10)13(17)9-3-4-9/h9-11H,1-8H2,(H,14,16). The number of amides is 2. The van der Waals surface area contributed by atoms with Crippen LogP contribution in [0.4, 0.5) is 0 Å². The Morgan fingerprint density at radius 2 is 1.89 bits per heavy atom. The fraction of sp³-hybridized carbons (Fsp3) is 0.846. The van der Waals surface area contributed by atoms with Crippen LogP contribution in [0.3, 0.4) is 0 Å². The third kappa shape index (κ3) is 2.51. The Kier molecular flexibility index (Phi) is 3.24. The van der Waals surface area contributed by atoms with Crippen molar-refractivity contribution < 1.29 is 14.3 Å².